The number of rotatable bonds is 5. The summed E-state index contributed by atoms with van der Waals surface area (Å²) in [5.41, 5.74) is 2.97. The molecule has 5 rings (SSSR count). The van der Waals surface area contributed by atoms with Gasteiger partial charge >= 0.3 is 0 Å². The standard InChI is InChI=1S/C26H26ClFN4/c1-16(32-26-22-8-6-19(27)13-25(22)30-15-31-26)12-17-2-4-18(5-3-17)21-10-11-29-24-9-7-20(28)14-23(21)24/h6-11,13-18H,2-5,12H2,1H3,(H,30,31,32). The lowest BCUT2D eigenvalue weighted by Crippen LogP contribution is -2.23. The summed E-state index contributed by atoms with van der Waals surface area (Å²) in [6.45, 7) is 2.22. The van der Waals surface area contributed by atoms with Gasteiger partial charge < -0.3 is 5.32 Å². The zero-order valence-corrected chi connectivity index (χ0v) is 18.8. The zero-order chi connectivity index (χ0) is 22.1. The number of hydrogen-bond donors (Lipinski definition) is 1. The molecule has 1 aliphatic carbocycles. The van der Waals surface area contributed by atoms with Crippen LogP contribution in [0.1, 0.15) is 50.5 Å². The minimum absolute atomic E-state index is 0.195. The Morgan fingerprint density at radius 1 is 0.969 bits per heavy atom. The van der Waals surface area contributed by atoms with Gasteiger partial charge in [0.05, 0.1) is 11.0 Å². The largest absolute Gasteiger partial charge is 0.367 e. The third-order valence-corrected chi connectivity index (χ3v) is 6.93. The van der Waals surface area contributed by atoms with E-state index in [9.17, 15) is 4.39 Å². The third-order valence-electron chi connectivity index (χ3n) is 6.69. The number of nitrogens with zero attached hydrogens (tertiary/aromatic N) is 3. The van der Waals surface area contributed by atoms with Crippen LogP contribution >= 0.6 is 11.6 Å². The van der Waals surface area contributed by atoms with Gasteiger partial charge in [-0.05, 0) is 98.9 Å². The summed E-state index contributed by atoms with van der Waals surface area (Å²) in [6, 6.07) is 13.0. The summed E-state index contributed by atoms with van der Waals surface area (Å²) in [4.78, 5) is 13.2. The van der Waals surface area contributed by atoms with Crippen LogP contribution in [-0.4, -0.2) is 21.0 Å². The van der Waals surface area contributed by atoms with E-state index in [0.29, 0.717) is 22.9 Å². The van der Waals surface area contributed by atoms with Crippen LogP contribution < -0.4 is 5.32 Å². The minimum atomic E-state index is -0.195. The van der Waals surface area contributed by atoms with Crippen molar-refractivity contribution in [2.45, 2.75) is 51.0 Å². The fraction of sp³-hybridized carbons (Fsp3) is 0.346. The molecule has 1 unspecified atom stereocenters. The smallest absolute Gasteiger partial charge is 0.137 e. The predicted molar refractivity (Wildman–Crippen MR) is 129 cm³/mol. The topological polar surface area (TPSA) is 50.7 Å². The Labute approximate surface area is 192 Å². The van der Waals surface area contributed by atoms with E-state index in [1.54, 1.807) is 18.5 Å². The molecule has 32 heavy (non-hydrogen) atoms. The number of pyridine rings is 1. The first kappa shape index (κ1) is 21.1. The quantitative estimate of drug-likeness (QED) is 0.352. The monoisotopic (exact) mass is 448 g/mol. The molecule has 2 aromatic heterocycles. The molecule has 2 heterocycles. The van der Waals surface area contributed by atoms with Crippen molar-refractivity contribution in [2.24, 2.45) is 5.92 Å². The molecule has 1 fully saturated rings. The van der Waals surface area contributed by atoms with Gasteiger partial charge in [0.1, 0.15) is 18.0 Å². The van der Waals surface area contributed by atoms with Crippen molar-refractivity contribution in [3.05, 3.63) is 71.4 Å². The van der Waals surface area contributed by atoms with Gasteiger partial charge in [-0.2, -0.15) is 0 Å². The van der Waals surface area contributed by atoms with E-state index in [4.69, 9.17) is 11.6 Å². The normalized spacial score (nSPS) is 19.8. The van der Waals surface area contributed by atoms with Crippen molar-refractivity contribution in [1.82, 2.24) is 15.0 Å². The van der Waals surface area contributed by atoms with E-state index in [0.717, 1.165) is 46.9 Å². The first-order valence-electron chi connectivity index (χ1n) is 11.3. The molecule has 1 aliphatic rings. The Balaban J connectivity index is 1.23. The molecule has 1 atom stereocenters. The second-order valence-corrected chi connectivity index (χ2v) is 9.38. The second kappa shape index (κ2) is 8.99. The first-order valence-corrected chi connectivity index (χ1v) is 11.7. The van der Waals surface area contributed by atoms with E-state index < -0.39 is 0 Å². The minimum Gasteiger partial charge on any atom is -0.367 e. The maximum Gasteiger partial charge on any atom is 0.137 e. The number of hydrogen-bond acceptors (Lipinski definition) is 4. The van der Waals surface area contributed by atoms with E-state index in [2.05, 4.69) is 33.3 Å². The van der Waals surface area contributed by atoms with Gasteiger partial charge in [-0.25, -0.2) is 14.4 Å². The average Bonchev–Trinajstić information content (AvgIpc) is 2.79. The third kappa shape index (κ3) is 4.40. The molecule has 164 valence electrons. The van der Waals surface area contributed by atoms with Crippen molar-refractivity contribution in [2.75, 3.05) is 5.32 Å². The second-order valence-electron chi connectivity index (χ2n) is 8.94. The first-order chi connectivity index (χ1) is 15.6. The molecule has 4 nitrogen and oxygen atoms in total. The van der Waals surface area contributed by atoms with Crippen LogP contribution in [0.3, 0.4) is 0 Å². The van der Waals surface area contributed by atoms with Crippen molar-refractivity contribution in [3.63, 3.8) is 0 Å². The highest BCUT2D eigenvalue weighted by Gasteiger charge is 2.25. The van der Waals surface area contributed by atoms with Gasteiger partial charge in [0.25, 0.3) is 0 Å². The summed E-state index contributed by atoms with van der Waals surface area (Å²) in [5.74, 6) is 1.80. The number of benzene rings is 2. The molecule has 0 radical (unpaired) electrons. The van der Waals surface area contributed by atoms with Gasteiger partial charge in [0.2, 0.25) is 0 Å². The Hall–Kier alpha value is -2.79. The van der Waals surface area contributed by atoms with Crippen molar-refractivity contribution in [1.29, 1.82) is 0 Å². The van der Waals surface area contributed by atoms with Crippen LogP contribution in [0.25, 0.3) is 21.8 Å². The fourth-order valence-corrected chi connectivity index (χ4v) is 5.31. The molecule has 0 spiro atoms. The number of aromatic nitrogens is 3. The lowest BCUT2D eigenvalue weighted by molar-refractivity contribution is 0.302. The number of fused-ring (bicyclic) bond motifs is 2. The van der Waals surface area contributed by atoms with Crippen LogP contribution in [0.2, 0.25) is 5.02 Å². The zero-order valence-electron chi connectivity index (χ0n) is 18.1. The van der Waals surface area contributed by atoms with Crippen LogP contribution in [0.15, 0.2) is 55.0 Å². The van der Waals surface area contributed by atoms with Crippen LogP contribution in [-0.2, 0) is 0 Å². The molecule has 0 saturated heterocycles. The molecule has 6 heteroatoms. The highest BCUT2D eigenvalue weighted by atomic mass is 35.5. The highest BCUT2D eigenvalue weighted by Crippen LogP contribution is 2.40. The number of anilines is 1. The van der Waals surface area contributed by atoms with Gasteiger partial charge in [-0.15, -0.1) is 0 Å². The van der Waals surface area contributed by atoms with E-state index >= 15 is 0 Å². The molecule has 0 bridgehead atoms. The molecule has 4 aromatic rings. The lowest BCUT2D eigenvalue weighted by Gasteiger charge is -2.31. The van der Waals surface area contributed by atoms with Crippen molar-refractivity contribution < 1.29 is 4.39 Å². The summed E-state index contributed by atoms with van der Waals surface area (Å²) in [7, 11) is 0. The maximum absolute atomic E-state index is 13.8. The molecule has 0 amide bonds. The number of nitrogens with one attached hydrogen (secondary N) is 1. The van der Waals surface area contributed by atoms with Crippen molar-refractivity contribution in [3.8, 4) is 0 Å². The molecule has 1 N–H and O–H groups in total. The average molecular weight is 449 g/mol. The number of halogens is 2. The molecule has 0 aliphatic heterocycles. The summed E-state index contributed by atoms with van der Waals surface area (Å²) >= 11 is 6.10. The summed E-state index contributed by atoms with van der Waals surface area (Å²) < 4.78 is 13.8. The molecule has 1 saturated carbocycles. The van der Waals surface area contributed by atoms with E-state index in [1.165, 1.54) is 24.5 Å². The summed E-state index contributed by atoms with van der Waals surface area (Å²) in [6.07, 6.45) is 9.14. The Morgan fingerprint density at radius 3 is 2.66 bits per heavy atom. The predicted octanol–water partition coefficient (Wildman–Crippen LogP) is 7.14. The summed E-state index contributed by atoms with van der Waals surface area (Å²) in [5, 5.41) is 6.21. The van der Waals surface area contributed by atoms with E-state index in [-0.39, 0.29) is 5.82 Å². The van der Waals surface area contributed by atoms with Gasteiger partial charge in [-0.1, -0.05) is 11.6 Å². The van der Waals surface area contributed by atoms with Crippen LogP contribution in [0.5, 0.6) is 0 Å². The van der Waals surface area contributed by atoms with Crippen LogP contribution in [0, 0.1) is 11.7 Å². The van der Waals surface area contributed by atoms with Gasteiger partial charge in [0.15, 0.2) is 0 Å². The highest BCUT2D eigenvalue weighted by molar-refractivity contribution is 6.31. The molecular formula is C26H26ClFN4. The Bertz CT molecular complexity index is 1250. The lowest BCUT2D eigenvalue weighted by atomic mass is 9.76. The fourth-order valence-electron chi connectivity index (χ4n) is 5.14. The van der Waals surface area contributed by atoms with Gasteiger partial charge in [0, 0.05) is 28.0 Å². The van der Waals surface area contributed by atoms with Crippen LogP contribution in [0.4, 0.5) is 10.2 Å². The van der Waals surface area contributed by atoms with Gasteiger partial charge in [-0.3, -0.25) is 4.98 Å². The van der Waals surface area contributed by atoms with E-state index in [1.807, 2.05) is 24.4 Å². The van der Waals surface area contributed by atoms with Crippen molar-refractivity contribution >= 4 is 39.2 Å². The SMILES string of the molecule is CC(CC1CCC(c2ccnc3ccc(F)cc23)CC1)Nc1ncnc2cc(Cl)ccc12. The maximum atomic E-state index is 13.8. The Morgan fingerprint density at radius 2 is 1.81 bits per heavy atom. The Kier molecular flexibility index (Phi) is 5.92. The molecular weight excluding hydrogens is 423 g/mol. The molecule has 2 aromatic carbocycles.